The third-order valence-electron chi connectivity index (χ3n) is 20.0. The molecule has 6 heterocycles. The quantitative estimate of drug-likeness (QED) is 0.120. The van der Waals surface area contributed by atoms with Gasteiger partial charge in [-0.3, -0.25) is 0 Å². The van der Waals surface area contributed by atoms with Crippen LogP contribution in [0, 0.1) is 0 Å². The normalized spacial score (nSPS) is 12.9. The van der Waals surface area contributed by atoms with Crippen LogP contribution in [0.4, 0.5) is 85.3 Å². The average Bonchev–Trinajstić information content (AvgIpc) is 1.50. The van der Waals surface area contributed by atoms with Gasteiger partial charge in [0.2, 0.25) is 0 Å². The van der Waals surface area contributed by atoms with E-state index in [1.165, 1.54) is 55.5 Å². The van der Waals surface area contributed by atoms with Crippen LogP contribution in [0.15, 0.2) is 346 Å². The Morgan fingerprint density at radius 3 is 1.21 bits per heavy atom. The van der Waals surface area contributed by atoms with Gasteiger partial charge in [-0.1, -0.05) is 0 Å². The molecule has 0 spiro atoms. The molecule has 0 amide bonds. The first kappa shape index (κ1) is 56.8. The van der Waals surface area contributed by atoms with Gasteiger partial charge in [-0.15, -0.1) is 0 Å². The van der Waals surface area contributed by atoms with Gasteiger partial charge in [0.05, 0.1) is 0 Å². The molecule has 20 rings (SSSR count). The molecular formula is C88H57B2N5OSe2. The van der Waals surface area contributed by atoms with Crippen molar-refractivity contribution >= 4 is 178 Å². The Morgan fingerprint density at radius 1 is 0.286 bits per heavy atom. The zero-order valence-electron chi connectivity index (χ0n) is 53.0. The molecule has 6 nitrogen and oxygen atoms in total. The van der Waals surface area contributed by atoms with Crippen LogP contribution in [-0.4, -0.2) is 42.4 Å². The topological polar surface area (TPSA) is 25.4 Å². The molecule has 458 valence electrons. The number of anilines is 15. The number of rotatable bonds is 11. The Labute approximate surface area is 582 Å². The minimum atomic E-state index is -0.155. The van der Waals surface area contributed by atoms with E-state index < -0.39 is 0 Å². The monoisotopic (exact) mass is 1380 g/mol. The molecule has 4 aliphatic rings. The van der Waals surface area contributed by atoms with Gasteiger partial charge in [0.1, 0.15) is 0 Å². The van der Waals surface area contributed by atoms with Crippen LogP contribution >= 0.6 is 0 Å². The number of hydrogen-bond donors (Lipinski definition) is 0. The summed E-state index contributed by atoms with van der Waals surface area (Å²) in [5, 5.41) is 2.49. The molecule has 0 aliphatic carbocycles. The van der Waals surface area contributed by atoms with Gasteiger partial charge >= 0.3 is 586 Å². The Hall–Kier alpha value is -11.5. The molecule has 4 aliphatic heterocycles. The number of hydrogen-bond acceptors (Lipinski definition) is 6. The molecule has 0 N–H and O–H groups in total. The minimum absolute atomic E-state index is 0.0514. The van der Waals surface area contributed by atoms with Gasteiger partial charge in [-0.05, 0) is 0 Å². The van der Waals surface area contributed by atoms with Crippen LogP contribution in [0.25, 0.3) is 41.5 Å². The van der Waals surface area contributed by atoms with E-state index in [2.05, 4.69) is 370 Å². The molecule has 0 radical (unpaired) electrons. The summed E-state index contributed by atoms with van der Waals surface area (Å²) in [5.74, 6) is 1.87. The summed E-state index contributed by atoms with van der Waals surface area (Å²) in [6.45, 7) is -0.299. The van der Waals surface area contributed by atoms with Crippen molar-refractivity contribution in [2.75, 3.05) is 24.5 Å². The van der Waals surface area contributed by atoms with Gasteiger partial charge in [0.25, 0.3) is 0 Å². The molecule has 0 fully saturated rings. The fourth-order valence-corrected chi connectivity index (χ4v) is 21.4. The SMILES string of the molecule is c1ccc(-c2cccc(-c3ccccc3)c2N2c3cc4c(cc3B3c5[se]c6ccccc6c5N(c5ccccc5)c5cc(N(c6ccccc6)c6ccccc6)cc2c53)B2c3[se]c5ccccc5c3Oc3cc(N(c5ccccc5)c5ccccc5)cc(c32)N4c2ccccc2)cc1. The summed E-state index contributed by atoms with van der Waals surface area (Å²) in [6.07, 6.45) is 0. The van der Waals surface area contributed by atoms with E-state index in [9.17, 15) is 0 Å². The van der Waals surface area contributed by atoms with Crippen molar-refractivity contribution < 1.29 is 4.74 Å². The first-order valence-electron chi connectivity index (χ1n) is 33.5. The Bertz CT molecular complexity index is 5630. The van der Waals surface area contributed by atoms with E-state index in [1.807, 2.05) is 0 Å². The Morgan fingerprint density at radius 2 is 0.684 bits per heavy atom. The van der Waals surface area contributed by atoms with Crippen molar-refractivity contribution in [1.82, 2.24) is 0 Å². The molecule has 0 atom stereocenters. The van der Waals surface area contributed by atoms with Crippen molar-refractivity contribution in [3.05, 3.63) is 346 Å². The van der Waals surface area contributed by atoms with Crippen LogP contribution in [0.1, 0.15) is 0 Å². The molecule has 10 heteroatoms. The Balaban J connectivity index is 0.962. The summed E-state index contributed by atoms with van der Waals surface area (Å²) in [5.41, 5.74) is 26.1. The summed E-state index contributed by atoms with van der Waals surface area (Å²) in [7, 11) is 0. The number of para-hydroxylation sites is 7. The van der Waals surface area contributed by atoms with Crippen LogP contribution in [0.5, 0.6) is 11.5 Å². The van der Waals surface area contributed by atoms with Crippen LogP contribution in [0.3, 0.4) is 0 Å². The van der Waals surface area contributed by atoms with Crippen molar-refractivity contribution in [2.24, 2.45) is 0 Å². The van der Waals surface area contributed by atoms with E-state index in [-0.39, 0.29) is 42.4 Å². The van der Waals surface area contributed by atoms with Gasteiger partial charge < -0.3 is 0 Å². The second-order valence-corrected chi connectivity index (χ2v) is 30.0. The molecule has 0 unspecified atom stereocenters. The number of fused-ring (bicyclic) bond motifs is 12. The number of nitrogens with zero attached hydrogens (tertiary/aromatic N) is 5. The molecule has 98 heavy (non-hydrogen) atoms. The molecule has 0 saturated heterocycles. The fourth-order valence-electron chi connectivity index (χ4n) is 15.9. The predicted octanol–water partition coefficient (Wildman–Crippen LogP) is 18.9. The van der Waals surface area contributed by atoms with Crippen molar-refractivity contribution in [2.45, 2.75) is 0 Å². The van der Waals surface area contributed by atoms with E-state index in [0.29, 0.717) is 0 Å². The first-order valence-corrected chi connectivity index (χ1v) is 36.9. The Kier molecular flexibility index (Phi) is 13.4. The molecule has 2 aromatic heterocycles. The maximum atomic E-state index is 7.66. The van der Waals surface area contributed by atoms with Crippen LogP contribution < -0.4 is 59.8 Å². The zero-order valence-corrected chi connectivity index (χ0v) is 56.5. The second-order valence-electron chi connectivity index (χ2n) is 25.4. The average molecular weight is 1380 g/mol. The van der Waals surface area contributed by atoms with E-state index in [1.54, 1.807) is 0 Å². The first-order chi connectivity index (χ1) is 48.7. The van der Waals surface area contributed by atoms with Crippen molar-refractivity contribution in [3.8, 4) is 33.8 Å². The predicted molar refractivity (Wildman–Crippen MR) is 415 cm³/mol. The summed E-state index contributed by atoms with van der Waals surface area (Å²) < 4.78 is 13.2. The molecule has 16 aromatic rings. The van der Waals surface area contributed by atoms with Crippen molar-refractivity contribution in [3.63, 3.8) is 0 Å². The van der Waals surface area contributed by atoms with Gasteiger partial charge in [-0.2, -0.15) is 0 Å². The third kappa shape index (κ3) is 8.96. The number of benzene rings is 14. The third-order valence-corrected chi connectivity index (χ3v) is 25.1. The number of ether oxygens (including phenoxy) is 1. The second kappa shape index (κ2) is 23.1. The van der Waals surface area contributed by atoms with Crippen molar-refractivity contribution in [1.29, 1.82) is 0 Å². The van der Waals surface area contributed by atoms with Gasteiger partial charge in [0.15, 0.2) is 0 Å². The van der Waals surface area contributed by atoms with E-state index in [4.69, 9.17) is 4.74 Å². The summed E-state index contributed by atoms with van der Waals surface area (Å²) in [4.78, 5) is 12.8. The fraction of sp³-hybridized carbons (Fsp3) is 0. The summed E-state index contributed by atoms with van der Waals surface area (Å²) >= 11 is -0.117. The van der Waals surface area contributed by atoms with E-state index >= 15 is 0 Å². The maximum absolute atomic E-state index is 7.66. The van der Waals surface area contributed by atoms with Crippen LogP contribution in [-0.2, 0) is 0 Å². The molecule has 14 aromatic carbocycles. The van der Waals surface area contributed by atoms with E-state index in [0.717, 1.165) is 113 Å². The molecular weight excluding hydrogens is 1320 g/mol. The van der Waals surface area contributed by atoms with Gasteiger partial charge in [0, 0.05) is 0 Å². The van der Waals surface area contributed by atoms with Gasteiger partial charge in [-0.25, -0.2) is 0 Å². The standard InChI is InChI=1S/C88H57B2N5OSe2/c1-9-30-58(31-10-1)68-48-29-49-69(59-32-11-2-12-33-59)84(68)95-75-57-74-72(90-83-78(93(74)64-42-21-7-22-43-64)54-67(92(62-38-17-5-18-39-62)63-40-19-6-20-41-63)55-79(83)96-86-71-47-26-28-51-81(71)98-88(86)90)56-73(75)89-82-76(94(65-44-23-8-24-45-65)85-70-46-25-27-50-80(70)97-87(85)89)52-66(53-77(82)95)91(60-34-13-3-14-35-60)61-36-15-4-16-37-61/h1-57H. The van der Waals surface area contributed by atoms with Crippen LogP contribution in [0.2, 0.25) is 0 Å². The summed E-state index contributed by atoms with van der Waals surface area (Å²) in [6, 6.07) is 128. The molecule has 0 bridgehead atoms. The molecule has 0 saturated carbocycles. The zero-order chi connectivity index (χ0) is 64.4.